The first-order valence-corrected chi connectivity index (χ1v) is 12.4. The molecule has 0 aromatic carbocycles. The summed E-state index contributed by atoms with van der Waals surface area (Å²) in [5.41, 5.74) is -0.436. The SMILES string of the molecule is CCC(C(C)C)C1(C(=O)OC(C)(C2CCCCC2)C2CCCCC2)CC1(C)C. The lowest BCUT2D eigenvalue weighted by Gasteiger charge is -2.47. The summed E-state index contributed by atoms with van der Waals surface area (Å²) in [5, 5.41) is 0. The molecule has 0 saturated heterocycles. The highest BCUT2D eigenvalue weighted by molar-refractivity contribution is 5.82. The van der Waals surface area contributed by atoms with Crippen molar-refractivity contribution in [1.29, 1.82) is 0 Å². The maximum absolute atomic E-state index is 13.9. The molecule has 3 aliphatic carbocycles. The highest BCUT2D eigenvalue weighted by Gasteiger charge is 2.71. The summed E-state index contributed by atoms with van der Waals surface area (Å²) in [5.74, 6) is 2.22. The second kappa shape index (κ2) is 8.31. The van der Waals surface area contributed by atoms with Crippen LogP contribution in [0, 0.1) is 34.5 Å². The number of hydrogen-bond donors (Lipinski definition) is 0. The van der Waals surface area contributed by atoms with Gasteiger partial charge in [-0.1, -0.05) is 79.6 Å². The topological polar surface area (TPSA) is 26.3 Å². The van der Waals surface area contributed by atoms with Gasteiger partial charge >= 0.3 is 5.97 Å². The van der Waals surface area contributed by atoms with Crippen molar-refractivity contribution in [3.05, 3.63) is 0 Å². The predicted octanol–water partition coefficient (Wildman–Crippen LogP) is 7.55. The van der Waals surface area contributed by atoms with Crippen LogP contribution in [-0.2, 0) is 9.53 Å². The van der Waals surface area contributed by atoms with E-state index < -0.39 is 0 Å². The summed E-state index contributed by atoms with van der Waals surface area (Å²) in [7, 11) is 0. The lowest BCUT2D eigenvalue weighted by atomic mass is 9.67. The Kier molecular flexibility index (Phi) is 6.57. The van der Waals surface area contributed by atoms with Gasteiger partial charge < -0.3 is 4.74 Å². The van der Waals surface area contributed by atoms with Gasteiger partial charge in [-0.05, 0) is 68.1 Å². The zero-order valence-electron chi connectivity index (χ0n) is 19.6. The molecule has 3 fully saturated rings. The summed E-state index contributed by atoms with van der Waals surface area (Å²) in [4.78, 5) is 13.9. The minimum Gasteiger partial charge on any atom is -0.458 e. The summed E-state index contributed by atoms with van der Waals surface area (Å²) < 4.78 is 6.77. The van der Waals surface area contributed by atoms with E-state index in [4.69, 9.17) is 4.74 Å². The number of esters is 1. The van der Waals surface area contributed by atoms with Crippen molar-refractivity contribution in [2.24, 2.45) is 34.5 Å². The number of carbonyl (C=O) groups excluding carboxylic acids is 1. The number of ether oxygens (including phenoxy) is 1. The molecule has 28 heavy (non-hydrogen) atoms. The van der Waals surface area contributed by atoms with Gasteiger partial charge in [0.15, 0.2) is 0 Å². The Labute approximate surface area is 174 Å². The van der Waals surface area contributed by atoms with Crippen molar-refractivity contribution in [2.75, 3.05) is 0 Å². The van der Waals surface area contributed by atoms with Crippen molar-refractivity contribution in [1.82, 2.24) is 0 Å². The van der Waals surface area contributed by atoms with E-state index in [0.717, 1.165) is 12.8 Å². The summed E-state index contributed by atoms with van der Waals surface area (Å²) >= 11 is 0. The maximum Gasteiger partial charge on any atom is 0.313 e. The van der Waals surface area contributed by atoms with Crippen LogP contribution >= 0.6 is 0 Å². The number of hydrogen-bond acceptors (Lipinski definition) is 2. The van der Waals surface area contributed by atoms with Crippen LogP contribution in [0.5, 0.6) is 0 Å². The molecule has 162 valence electrons. The van der Waals surface area contributed by atoms with E-state index in [1.807, 2.05) is 0 Å². The quantitative estimate of drug-likeness (QED) is 0.419. The second-order valence-corrected chi connectivity index (χ2v) is 11.5. The van der Waals surface area contributed by atoms with Crippen molar-refractivity contribution in [3.63, 3.8) is 0 Å². The number of carbonyl (C=O) groups is 1. The van der Waals surface area contributed by atoms with E-state index in [2.05, 4.69) is 41.5 Å². The first-order chi connectivity index (χ1) is 13.2. The molecule has 3 rings (SSSR count). The van der Waals surface area contributed by atoms with Gasteiger partial charge in [0.25, 0.3) is 0 Å². The molecule has 3 aliphatic rings. The third-order valence-corrected chi connectivity index (χ3v) is 9.19. The van der Waals surface area contributed by atoms with Gasteiger partial charge in [0, 0.05) is 0 Å². The van der Waals surface area contributed by atoms with Crippen LogP contribution in [0.15, 0.2) is 0 Å². The molecule has 0 bridgehead atoms. The second-order valence-electron chi connectivity index (χ2n) is 11.5. The molecule has 0 aromatic heterocycles. The monoisotopic (exact) mass is 390 g/mol. The molecule has 0 amide bonds. The minimum atomic E-state index is -0.263. The molecule has 0 aliphatic heterocycles. The van der Waals surface area contributed by atoms with Gasteiger partial charge in [-0.3, -0.25) is 4.79 Å². The Balaban J connectivity index is 1.87. The highest BCUT2D eigenvalue weighted by atomic mass is 16.6. The Morgan fingerprint density at radius 1 is 0.964 bits per heavy atom. The van der Waals surface area contributed by atoms with Gasteiger partial charge in [-0.15, -0.1) is 0 Å². The molecule has 3 saturated carbocycles. The molecule has 2 unspecified atom stereocenters. The van der Waals surface area contributed by atoms with Crippen molar-refractivity contribution < 1.29 is 9.53 Å². The van der Waals surface area contributed by atoms with E-state index in [1.165, 1.54) is 64.2 Å². The Morgan fingerprint density at radius 3 is 1.71 bits per heavy atom. The van der Waals surface area contributed by atoms with Crippen LogP contribution < -0.4 is 0 Å². The van der Waals surface area contributed by atoms with Crippen LogP contribution in [0.3, 0.4) is 0 Å². The zero-order valence-corrected chi connectivity index (χ0v) is 19.6. The van der Waals surface area contributed by atoms with E-state index >= 15 is 0 Å². The smallest absolute Gasteiger partial charge is 0.313 e. The maximum atomic E-state index is 13.9. The van der Waals surface area contributed by atoms with Gasteiger partial charge in [-0.2, -0.15) is 0 Å². The lowest BCUT2D eigenvalue weighted by Crippen LogP contribution is -2.50. The molecular weight excluding hydrogens is 344 g/mol. The first kappa shape index (κ1) is 22.2. The Morgan fingerprint density at radius 2 is 1.39 bits per heavy atom. The summed E-state index contributed by atoms with van der Waals surface area (Å²) in [6.07, 6.45) is 15.0. The fourth-order valence-corrected chi connectivity index (χ4v) is 7.32. The molecule has 0 radical (unpaired) electrons. The van der Waals surface area contributed by atoms with E-state index in [0.29, 0.717) is 23.7 Å². The zero-order chi connectivity index (χ0) is 20.6. The largest absolute Gasteiger partial charge is 0.458 e. The predicted molar refractivity (Wildman–Crippen MR) is 117 cm³/mol. The fourth-order valence-electron chi connectivity index (χ4n) is 7.32. The van der Waals surface area contributed by atoms with Crippen molar-refractivity contribution >= 4 is 5.97 Å². The van der Waals surface area contributed by atoms with Crippen LogP contribution in [0.1, 0.15) is 119 Å². The van der Waals surface area contributed by atoms with Crippen LogP contribution in [-0.4, -0.2) is 11.6 Å². The lowest BCUT2D eigenvalue weighted by molar-refractivity contribution is -0.188. The molecule has 0 N–H and O–H groups in total. The van der Waals surface area contributed by atoms with Gasteiger partial charge in [0.05, 0.1) is 5.41 Å². The van der Waals surface area contributed by atoms with Crippen molar-refractivity contribution in [2.45, 2.75) is 124 Å². The van der Waals surface area contributed by atoms with E-state index in [9.17, 15) is 4.79 Å². The minimum absolute atomic E-state index is 0.0784. The molecule has 0 spiro atoms. The van der Waals surface area contributed by atoms with Crippen molar-refractivity contribution in [3.8, 4) is 0 Å². The Hall–Kier alpha value is -0.530. The van der Waals surface area contributed by atoms with Crippen LogP contribution in [0.4, 0.5) is 0 Å². The van der Waals surface area contributed by atoms with Crippen LogP contribution in [0.25, 0.3) is 0 Å². The molecular formula is C26H46O2. The van der Waals surface area contributed by atoms with E-state index in [1.54, 1.807) is 0 Å². The van der Waals surface area contributed by atoms with Gasteiger partial charge in [-0.25, -0.2) is 0 Å². The molecule has 2 nitrogen and oxygen atoms in total. The number of rotatable bonds is 7. The standard InChI is InChI=1S/C26H46O2/c1-7-22(19(2)3)26(18-24(26,4)5)23(27)28-25(6,20-14-10-8-11-15-20)21-16-12-9-13-17-21/h19-22H,7-18H2,1-6H3. The van der Waals surface area contributed by atoms with Crippen LogP contribution in [0.2, 0.25) is 0 Å². The van der Waals surface area contributed by atoms with E-state index in [-0.39, 0.29) is 22.4 Å². The average Bonchev–Trinajstić information content (AvgIpc) is 3.26. The normalized spacial score (nSPS) is 30.2. The van der Waals surface area contributed by atoms with Gasteiger partial charge in [0.2, 0.25) is 0 Å². The Bertz CT molecular complexity index is 519. The summed E-state index contributed by atoms with van der Waals surface area (Å²) in [6, 6.07) is 0. The molecule has 0 aromatic rings. The summed E-state index contributed by atoms with van der Waals surface area (Å²) in [6.45, 7) is 13.7. The first-order valence-electron chi connectivity index (χ1n) is 12.4. The molecule has 0 heterocycles. The third kappa shape index (κ3) is 3.79. The fraction of sp³-hybridized carbons (Fsp3) is 0.962. The highest BCUT2D eigenvalue weighted by Crippen LogP contribution is 2.70. The molecule has 2 atom stereocenters. The molecule has 2 heteroatoms. The average molecular weight is 391 g/mol. The van der Waals surface area contributed by atoms with Gasteiger partial charge in [0.1, 0.15) is 5.60 Å². The third-order valence-electron chi connectivity index (χ3n) is 9.19.